The van der Waals surface area contributed by atoms with Crippen LogP contribution in [-0.2, 0) is 0 Å². The van der Waals surface area contributed by atoms with E-state index in [1.54, 1.807) is 35.1 Å². The van der Waals surface area contributed by atoms with Gasteiger partial charge in [-0.1, -0.05) is 54.6 Å². The number of ether oxygens (including phenoxy) is 2. The van der Waals surface area contributed by atoms with E-state index in [9.17, 15) is 0 Å². The third-order valence-corrected chi connectivity index (χ3v) is 9.04. The molecular weight excluding hydrogens is 689 g/mol. The second-order valence-electron chi connectivity index (χ2n) is 11.2. The molecule has 0 aliphatic rings. The summed E-state index contributed by atoms with van der Waals surface area (Å²) in [5.41, 5.74) is 3.24. The van der Waals surface area contributed by atoms with Crippen molar-refractivity contribution in [2.75, 3.05) is 10.6 Å². The molecule has 8 aromatic rings. The number of aromatic nitrogens is 6. The van der Waals surface area contributed by atoms with Crippen molar-refractivity contribution in [2.24, 2.45) is 0 Å². The Balaban J connectivity index is 0.000000162. The van der Waals surface area contributed by atoms with E-state index < -0.39 is 0 Å². The van der Waals surface area contributed by atoms with Crippen LogP contribution in [0.1, 0.15) is 9.75 Å². The Bertz CT molecular complexity index is 2370. The van der Waals surface area contributed by atoms with Gasteiger partial charge in [0.25, 0.3) is 0 Å². The highest BCUT2D eigenvalue weighted by Crippen LogP contribution is 2.32. The van der Waals surface area contributed by atoms with Crippen LogP contribution in [0.5, 0.6) is 23.0 Å². The number of hydrogen-bond acceptors (Lipinski definition) is 12. The van der Waals surface area contributed by atoms with Crippen molar-refractivity contribution in [3.05, 3.63) is 156 Å². The Kier molecular flexibility index (Phi) is 10.8. The molecule has 8 rings (SSSR count). The zero-order valence-corrected chi connectivity index (χ0v) is 29.8. The van der Waals surface area contributed by atoms with Crippen LogP contribution in [0, 0.1) is 13.8 Å². The summed E-state index contributed by atoms with van der Waals surface area (Å²) in [6, 6.07) is 38.5. The second-order valence-corrected chi connectivity index (χ2v) is 13.7. The van der Waals surface area contributed by atoms with Gasteiger partial charge in [0.15, 0.2) is 5.75 Å². The van der Waals surface area contributed by atoms with Crippen molar-refractivity contribution in [3.63, 3.8) is 0 Å². The van der Waals surface area contributed by atoms with Gasteiger partial charge in [0.05, 0.1) is 5.69 Å². The fraction of sp³-hybridized carbons (Fsp3) is 0.0500. The average molecular weight is 721 g/mol. The quantitative estimate of drug-likeness (QED) is 0.141. The third kappa shape index (κ3) is 9.18. The van der Waals surface area contributed by atoms with Gasteiger partial charge in [0, 0.05) is 46.3 Å². The summed E-state index contributed by atoms with van der Waals surface area (Å²) in [5, 5.41) is 8.22. The summed E-state index contributed by atoms with van der Waals surface area (Å²) in [6.07, 6.45) is 7.14. The van der Waals surface area contributed by atoms with Crippen LogP contribution in [0.15, 0.2) is 146 Å². The summed E-state index contributed by atoms with van der Waals surface area (Å²) in [6.45, 7) is 4.05. The van der Waals surface area contributed by atoms with Crippen molar-refractivity contribution >= 4 is 45.9 Å². The Labute approximate surface area is 308 Å². The molecule has 0 saturated heterocycles. The SMILES string of the molecule is Cc1cnc(-c2ccnc(Nc3cccc(Oc4ccccc4)c3)n2)s1.Cc1cnc(-c2ccnc(Nc3ccccc3Oc3ccccc3)n2)s1. The second kappa shape index (κ2) is 16.5. The minimum absolute atomic E-state index is 0.500. The number of aryl methyl sites for hydroxylation is 2. The normalized spacial score (nSPS) is 10.5. The van der Waals surface area contributed by atoms with Crippen molar-refractivity contribution in [2.45, 2.75) is 13.8 Å². The molecule has 0 radical (unpaired) electrons. The van der Waals surface area contributed by atoms with Gasteiger partial charge in [-0.3, -0.25) is 0 Å². The molecule has 12 heteroatoms. The number of thiazole rings is 2. The van der Waals surface area contributed by atoms with Crippen molar-refractivity contribution < 1.29 is 9.47 Å². The van der Waals surface area contributed by atoms with Crippen LogP contribution in [0.3, 0.4) is 0 Å². The highest BCUT2D eigenvalue weighted by molar-refractivity contribution is 7.15. The van der Waals surface area contributed by atoms with Gasteiger partial charge < -0.3 is 20.1 Å². The molecule has 4 heterocycles. The standard InChI is InChI=1S/2C20H16N4OS/c1-14-13-22-19(26-14)18-10-11-21-20(24-18)23-15-6-5-9-17(12-15)25-16-7-3-2-4-8-16;1-14-13-22-19(26-14)17-11-12-21-20(24-17)23-16-9-5-6-10-18(16)25-15-7-3-2-4-8-15/h2*2-13H,1H3,(H,21,23,24). The van der Waals surface area contributed by atoms with Crippen LogP contribution in [0.2, 0.25) is 0 Å². The molecule has 2 N–H and O–H groups in total. The highest BCUT2D eigenvalue weighted by Gasteiger charge is 2.10. The monoisotopic (exact) mass is 720 g/mol. The lowest BCUT2D eigenvalue weighted by molar-refractivity contribution is 0.483. The summed E-state index contributed by atoms with van der Waals surface area (Å²) in [5.74, 6) is 4.04. The lowest BCUT2D eigenvalue weighted by Crippen LogP contribution is -1.99. The highest BCUT2D eigenvalue weighted by atomic mass is 32.1. The van der Waals surface area contributed by atoms with Crippen molar-refractivity contribution in [1.82, 2.24) is 29.9 Å². The van der Waals surface area contributed by atoms with Crippen molar-refractivity contribution in [1.29, 1.82) is 0 Å². The van der Waals surface area contributed by atoms with Gasteiger partial charge in [0.2, 0.25) is 11.9 Å². The Hall–Kier alpha value is -6.50. The van der Waals surface area contributed by atoms with Gasteiger partial charge >= 0.3 is 0 Å². The minimum Gasteiger partial charge on any atom is -0.457 e. The lowest BCUT2D eigenvalue weighted by Gasteiger charge is -2.12. The van der Waals surface area contributed by atoms with Crippen LogP contribution in [0.4, 0.5) is 23.3 Å². The first-order valence-corrected chi connectivity index (χ1v) is 17.9. The predicted molar refractivity (Wildman–Crippen MR) is 208 cm³/mol. The van der Waals surface area contributed by atoms with E-state index >= 15 is 0 Å². The van der Waals surface area contributed by atoms with Gasteiger partial charge in [0.1, 0.15) is 38.7 Å². The van der Waals surface area contributed by atoms with E-state index in [-0.39, 0.29) is 0 Å². The number of nitrogens with one attached hydrogen (secondary N) is 2. The molecule has 0 amide bonds. The zero-order valence-electron chi connectivity index (χ0n) is 28.2. The number of benzene rings is 4. The molecular formula is C40H32N8O2S2. The number of anilines is 4. The van der Waals surface area contributed by atoms with Crippen LogP contribution in [0.25, 0.3) is 21.4 Å². The van der Waals surface area contributed by atoms with Crippen LogP contribution in [-0.4, -0.2) is 29.9 Å². The summed E-state index contributed by atoms with van der Waals surface area (Å²) < 4.78 is 11.8. The maximum Gasteiger partial charge on any atom is 0.227 e. The number of hydrogen-bond donors (Lipinski definition) is 2. The Morgan fingerprint density at radius 2 is 1.04 bits per heavy atom. The first-order chi connectivity index (χ1) is 25.5. The first-order valence-electron chi connectivity index (χ1n) is 16.2. The number of rotatable bonds is 10. The average Bonchev–Trinajstić information content (AvgIpc) is 3.82. The molecule has 0 fully saturated rings. The van der Waals surface area contributed by atoms with E-state index in [1.807, 2.05) is 148 Å². The van der Waals surface area contributed by atoms with E-state index in [4.69, 9.17) is 9.47 Å². The Morgan fingerprint density at radius 1 is 0.500 bits per heavy atom. The molecule has 0 aliphatic carbocycles. The van der Waals surface area contributed by atoms with Crippen LogP contribution >= 0.6 is 22.7 Å². The molecule has 4 aromatic heterocycles. The van der Waals surface area contributed by atoms with Gasteiger partial charge in [-0.15, -0.1) is 22.7 Å². The molecule has 10 nitrogen and oxygen atoms in total. The van der Waals surface area contributed by atoms with Crippen molar-refractivity contribution in [3.8, 4) is 44.4 Å². The van der Waals surface area contributed by atoms with E-state index in [0.717, 1.165) is 59.8 Å². The lowest BCUT2D eigenvalue weighted by atomic mass is 10.3. The fourth-order valence-electron chi connectivity index (χ4n) is 4.81. The maximum atomic E-state index is 5.97. The summed E-state index contributed by atoms with van der Waals surface area (Å²) in [7, 11) is 0. The molecule has 0 saturated carbocycles. The molecule has 0 aliphatic heterocycles. The molecule has 0 atom stereocenters. The summed E-state index contributed by atoms with van der Waals surface area (Å²) in [4.78, 5) is 28.8. The maximum absolute atomic E-state index is 5.97. The topological polar surface area (TPSA) is 120 Å². The molecule has 4 aromatic carbocycles. The molecule has 0 spiro atoms. The minimum atomic E-state index is 0.500. The predicted octanol–water partition coefficient (Wildman–Crippen LogP) is 10.9. The van der Waals surface area contributed by atoms with E-state index in [2.05, 4.69) is 40.5 Å². The first kappa shape index (κ1) is 34.0. The number of nitrogens with zero attached hydrogens (tertiary/aromatic N) is 6. The smallest absolute Gasteiger partial charge is 0.227 e. The van der Waals surface area contributed by atoms with Gasteiger partial charge in [-0.2, -0.15) is 0 Å². The zero-order chi connectivity index (χ0) is 35.5. The molecule has 256 valence electrons. The van der Waals surface area contributed by atoms with Gasteiger partial charge in [-0.25, -0.2) is 29.9 Å². The fourth-order valence-corrected chi connectivity index (χ4v) is 6.28. The largest absolute Gasteiger partial charge is 0.457 e. The molecule has 52 heavy (non-hydrogen) atoms. The molecule has 0 unspecified atom stereocenters. The molecule has 0 bridgehead atoms. The summed E-state index contributed by atoms with van der Waals surface area (Å²) >= 11 is 3.22. The van der Waals surface area contributed by atoms with Crippen LogP contribution < -0.4 is 20.1 Å². The number of para-hydroxylation sites is 4. The Morgan fingerprint density at radius 3 is 1.63 bits per heavy atom. The van der Waals surface area contributed by atoms with E-state index in [1.165, 1.54) is 0 Å². The van der Waals surface area contributed by atoms with E-state index in [0.29, 0.717) is 17.6 Å². The van der Waals surface area contributed by atoms with Gasteiger partial charge in [-0.05, 0) is 74.5 Å². The third-order valence-electron chi connectivity index (χ3n) is 7.17.